The SMILES string of the molecule is c1cc2cc(-c3ccc4[nH][n+](-c5ccc6ncsc6c5)cc4c3)ccc2cn1. The maximum Gasteiger partial charge on any atom is 0.237 e. The van der Waals surface area contributed by atoms with Gasteiger partial charge in [0.25, 0.3) is 0 Å². The number of H-pyrrole nitrogens is 1. The minimum absolute atomic E-state index is 1.04. The molecule has 132 valence electrons. The number of aromatic amines is 1. The Hall–Kier alpha value is -3.57. The van der Waals surface area contributed by atoms with Crippen molar-refractivity contribution in [3.05, 3.63) is 84.8 Å². The lowest BCUT2D eigenvalue weighted by Gasteiger charge is -2.03. The Labute approximate surface area is 164 Å². The first kappa shape index (κ1) is 15.5. The molecule has 0 saturated carbocycles. The van der Waals surface area contributed by atoms with E-state index in [1.165, 1.54) is 26.6 Å². The summed E-state index contributed by atoms with van der Waals surface area (Å²) in [5.74, 6) is 0. The number of aromatic nitrogens is 4. The van der Waals surface area contributed by atoms with Crippen molar-refractivity contribution in [2.75, 3.05) is 0 Å². The van der Waals surface area contributed by atoms with Crippen LogP contribution in [0.1, 0.15) is 0 Å². The van der Waals surface area contributed by atoms with E-state index in [1.807, 2.05) is 17.9 Å². The molecule has 5 heteroatoms. The molecule has 0 atom stereocenters. The van der Waals surface area contributed by atoms with E-state index in [2.05, 4.69) is 86.6 Å². The maximum atomic E-state index is 4.36. The largest absolute Gasteiger partial charge is 0.264 e. The molecule has 3 heterocycles. The zero-order valence-corrected chi connectivity index (χ0v) is 15.6. The molecular weight excluding hydrogens is 364 g/mol. The van der Waals surface area contributed by atoms with E-state index in [0.29, 0.717) is 0 Å². The van der Waals surface area contributed by atoms with Gasteiger partial charge in [-0.05, 0) is 46.8 Å². The molecule has 0 radical (unpaired) electrons. The Morgan fingerprint density at radius 1 is 0.821 bits per heavy atom. The number of nitrogens with zero attached hydrogens (tertiary/aromatic N) is 3. The predicted octanol–water partition coefficient (Wildman–Crippen LogP) is 5.27. The molecule has 0 amide bonds. The van der Waals surface area contributed by atoms with Gasteiger partial charge in [0.2, 0.25) is 11.9 Å². The van der Waals surface area contributed by atoms with E-state index in [0.717, 1.165) is 22.1 Å². The molecule has 0 aliphatic rings. The Bertz CT molecular complexity index is 1480. The fraction of sp³-hybridized carbons (Fsp3) is 0. The Kier molecular flexibility index (Phi) is 3.30. The lowest BCUT2D eigenvalue weighted by Crippen LogP contribution is -2.31. The normalized spacial score (nSPS) is 11.6. The molecule has 28 heavy (non-hydrogen) atoms. The summed E-state index contributed by atoms with van der Waals surface area (Å²) in [6.07, 6.45) is 5.88. The molecule has 3 aromatic carbocycles. The first-order valence-corrected chi connectivity index (χ1v) is 9.94. The minimum Gasteiger partial charge on any atom is -0.264 e. The third-order valence-corrected chi connectivity index (χ3v) is 5.92. The Morgan fingerprint density at radius 3 is 2.68 bits per heavy atom. The monoisotopic (exact) mass is 379 g/mol. The average Bonchev–Trinajstić information content (AvgIpc) is 3.39. The molecule has 0 bridgehead atoms. The van der Waals surface area contributed by atoms with Gasteiger partial charge in [-0.2, -0.15) is 5.10 Å². The fourth-order valence-electron chi connectivity index (χ4n) is 3.65. The minimum atomic E-state index is 1.04. The number of benzene rings is 3. The van der Waals surface area contributed by atoms with Crippen molar-refractivity contribution in [2.24, 2.45) is 0 Å². The quantitative estimate of drug-likeness (QED) is 0.417. The Balaban J connectivity index is 1.45. The average molecular weight is 379 g/mol. The van der Waals surface area contributed by atoms with Gasteiger partial charge in [0, 0.05) is 29.9 Å². The number of hydrogen-bond donors (Lipinski definition) is 1. The summed E-state index contributed by atoms with van der Waals surface area (Å²) in [6.45, 7) is 0. The van der Waals surface area contributed by atoms with Crippen molar-refractivity contribution in [1.82, 2.24) is 15.1 Å². The van der Waals surface area contributed by atoms with Crippen molar-refractivity contribution in [2.45, 2.75) is 0 Å². The lowest BCUT2D eigenvalue weighted by molar-refractivity contribution is -0.652. The van der Waals surface area contributed by atoms with E-state index in [4.69, 9.17) is 0 Å². The van der Waals surface area contributed by atoms with Crippen LogP contribution in [0.25, 0.3) is 48.7 Å². The molecule has 3 aromatic heterocycles. The number of rotatable bonds is 2. The molecule has 4 nitrogen and oxygen atoms in total. The molecule has 1 N–H and O–H groups in total. The van der Waals surface area contributed by atoms with Gasteiger partial charge in [-0.3, -0.25) is 4.98 Å². The molecule has 0 saturated heterocycles. The van der Waals surface area contributed by atoms with Crippen molar-refractivity contribution < 1.29 is 4.68 Å². The highest BCUT2D eigenvalue weighted by atomic mass is 32.1. The van der Waals surface area contributed by atoms with E-state index < -0.39 is 0 Å². The van der Waals surface area contributed by atoms with Crippen molar-refractivity contribution in [1.29, 1.82) is 0 Å². The molecule has 0 spiro atoms. The van der Waals surface area contributed by atoms with Crippen LogP contribution >= 0.6 is 11.3 Å². The smallest absolute Gasteiger partial charge is 0.237 e. The first-order chi connectivity index (χ1) is 13.8. The number of hydrogen-bond acceptors (Lipinski definition) is 3. The molecule has 0 aliphatic heterocycles. The zero-order chi connectivity index (χ0) is 18.5. The number of thiazole rings is 1. The van der Waals surface area contributed by atoms with Gasteiger partial charge in [0.1, 0.15) is 5.52 Å². The number of pyridine rings is 1. The van der Waals surface area contributed by atoms with Gasteiger partial charge < -0.3 is 0 Å². The maximum absolute atomic E-state index is 4.36. The molecule has 6 aromatic rings. The molecule has 0 fully saturated rings. The third-order valence-electron chi connectivity index (χ3n) is 5.13. The Morgan fingerprint density at radius 2 is 1.71 bits per heavy atom. The van der Waals surface area contributed by atoms with Gasteiger partial charge in [0.15, 0.2) is 0 Å². The first-order valence-electron chi connectivity index (χ1n) is 9.06. The highest BCUT2D eigenvalue weighted by Crippen LogP contribution is 2.27. The van der Waals surface area contributed by atoms with Crippen molar-refractivity contribution >= 4 is 43.2 Å². The van der Waals surface area contributed by atoms with Crippen LogP contribution in [0, 0.1) is 0 Å². The highest BCUT2D eigenvalue weighted by molar-refractivity contribution is 7.16. The second-order valence-corrected chi connectivity index (χ2v) is 7.74. The van der Waals surface area contributed by atoms with Crippen LogP contribution in [0.2, 0.25) is 0 Å². The standard InChI is InChI=1S/C23H14N4S/c1-2-18-12-24-8-7-17(18)9-15(1)16-3-5-21-19(10-16)13-27(26-21)20-4-6-22-23(11-20)28-14-25-22/h1-14H/p+1. The third kappa shape index (κ3) is 2.48. The van der Waals surface area contributed by atoms with E-state index in [1.54, 1.807) is 11.3 Å². The summed E-state index contributed by atoms with van der Waals surface area (Å²) in [5, 5.41) is 7.01. The molecule has 6 rings (SSSR count). The van der Waals surface area contributed by atoms with Crippen LogP contribution in [-0.4, -0.2) is 15.1 Å². The van der Waals surface area contributed by atoms with Gasteiger partial charge in [0.05, 0.1) is 21.1 Å². The number of nitrogens with one attached hydrogen (secondary N) is 1. The van der Waals surface area contributed by atoms with Crippen LogP contribution in [-0.2, 0) is 0 Å². The predicted molar refractivity (Wildman–Crippen MR) is 114 cm³/mol. The summed E-state index contributed by atoms with van der Waals surface area (Å²) in [5.41, 5.74) is 7.55. The van der Waals surface area contributed by atoms with E-state index in [-0.39, 0.29) is 0 Å². The summed E-state index contributed by atoms with van der Waals surface area (Å²) >= 11 is 1.66. The van der Waals surface area contributed by atoms with Crippen LogP contribution in [0.3, 0.4) is 0 Å². The topological polar surface area (TPSA) is 45.5 Å². The van der Waals surface area contributed by atoms with Crippen molar-refractivity contribution in [3.8, 4) is 16.8 Å². The van der Waals surface area contributed by atoms with Crippen molar-refractivity contribution in [3.63, 3.8) is 0 Å². The highest BCUT2D eigenvalue weighted by Gasteiger charge is 2.13. The summed E-state index contributed by atoms with van der Waals surface area (Å²) in [7, 11) is 0. The fourth-order valence-corrected chi connectivity index (χ4v) is 4.36. The molecular formula is C23H15N4S+. The summed E-state index contributed by atoms with van der Waals surface area (Å²) < 4.78 is 3.26. The lowest BCUT2D eigenvalue weighted by atomic mass is 10.0. The van der Waals surface area contributed by atoms with Gasteiger partial charge in [-0.15, -0.1) is 11.3 Å². The summed E-state index contributed by atoms with van der Waals surface area (Å²) in [6, 6.07) is 21.4. The van der Waals surface area contributed by atoms with Crippen LogP contribution in [0.15, 0.2) is 84.8 Å². The van der Waals surface area contributed by atoms with Crippen LogP contribution < -0.4 is 4.68 Å². The molecule has 0 aliphatic carbocycles. The van der Waals surface area contributed by atoms with E-state index >= 15 is 0 Å². The van der Waals surface area contributed by atoms with Crippen LogP contribution in [0.5, 0.6) is 0 Å². The molecule has 0 unspecified atom stereocenters. The van der Waals surface area contributed by atoms with Gasteiger partial charge in [-0.25, -0.2) is 4.98 Å². The van der Waals surface area contributed by atoms with Crippen LogP contribution in [0.4, 0.5) is 0 Å². The van der Waals surface area contributed by atoms with Gasteiger partial charge >= 0.3 is 0 Å². The second-order valence-electron chi connectivity index (χ2n) is 6.85. The van der Waals surface area contributed by atoms with E-state index in [9.17, 15) is 0 Å². The summed E-state index contributed by atoms with van der Waals surface area (Å²) in [4.78, 5) is 8.55. The second kappa shape index (κ2) is 5.97. The zero-order valence-electron chi connectivity index (χ0n) is 14.8. The number of fused-ring (bicyclic) bond motifs is 3. The van der Waals surface area contributed by atoms with Gasteiger partial charge in [-0.1, -0.05) is 22.9 Å².